The molecule has 1 amide bonds. The maximum absolute atomic E-state index is 13.5. The Hall–Kier alpha value is -2.20. The van der Waals surface area contributed by atoms with Crippen LogP contribution in [0.2, 0.25) is 0 Å². The Morgan fingerprint density at radius 2 is 1.63 bits per heavy atom. The van der Waals surface area contributed by atoms with Gasteiger partial charge in [-0.1, -0.05) is 53.7 Å². The fraction of sp³-hybridized carbons (Fsp3) is 0.538. The van der Waals surface area contributed by atoms with E-state index in [0.29, 0.717) is 5.92 Å². The van der Waals surface area contributed by atoms with Crippen molar-refractivity contribution in [2.45, 2.75) is 71.3 Å². The molecule has 3 rings (SSSR count). The second kappa shape index (κ2) is 8.89. The van der Waals surface area contributed by atoms with E-state index in [1.807, 2.05) is 12.3 Å². The van der Waals surface area contributed by atoms with Crippen LogP contribution < -0.4 is 5.32 Å². The Bertz CT molecular complexity index is 825. The monoisotopic (exact) mass is 408 g/mol. The number of nitrogens with zero attached hydrogens (tertiary/aromatic N) is 1. The predicted octanol–water partition coefficient (Wildman–Crippen LogP) is 5.57. The molecule has 1 aromatic carbocycles. The normalized spacial score (nSPS) is 16.9. The molecule has 0 saturated carbocycles. The van der Waals surface area contributed by atoms with Crippen molar-refractivity contribution in [2.75, 3.05) is 13.2 Å². The Labute approximate surface area is 181 Å². The zero-order valence-electron chi connectivity index (χ0n) is 19.3. The van der Waals surface area contributed by atoms with E-state index in [4.69, 9.17) is 4.74 Å². The van der Waals surface area contributed by atoms with Gasteiger partial charge in [-0.2, -0.15) is 0 Å². The first kappa shape index (κ1) is 22.5. The van der Waals surface area contributed by atoms with E-state index in [-0.39, 0.29) is 22.8 Å². The lowest BCUT2D eigenvalue weighted by Crippen LogP contribution is -2.36. The Kier molecular flexibility index (Phi) is 6.66. The number of hydrogen-bond acceptors (Lipinski definition) is 3. The van der Waals surface area contributed by atoms with Gasteiger partial charge in [0.1, 0.15) is 0 Å². The van der Waals surface area contributed by atoms with Crippen LogP contribution in [-0.2, 0) is 15.6 Å². The molecule has 2 heterocycles. The number of amides is 1. The number of hydrogen-bond donors (Lipinski definition) is 1. The quantitative estimate of drug-likeness (QED) is 0.719. The largest absolute Gasteiger partial charge is 0.381 e. The van der Waals surface area contributed by atoms with Crippen molar-refractivity contribution in [1.82, 2.24) is 10.3 Å². The summed E-state index contributed by atoms with van der Waals surface area (Å²) < 4.78 is 5.55. The summed E-state index contributed by atoms with van der Waals surface area (Å²) in [5, 5.41) is 3.34. The Morgan fingerprint density at radius 3 is 2.13 bits per heavy atom. The fourth-order valence-electron chi connectivity index (χ4n) is 3.93. The van der Waals surface area contributed by atoms with Crippen LogP contribution in [0.5, 0.6) is 0 Å². The zero-order chi connectivity index (χ0) is 21.9. The molecular formula is C26H36N2O2. The van der Waals surface area contributed by atoms with Gasteiger partial charge >= 0.3 is 0 Å². The molecule has 1 aliphatic heterocycles. The van der Waals surface area contributed by atoms with Crippen molar-refractivity contribution in [1.29, 1.82) is 0 Å². The summed E-state index contributed by atoms with van der Waals surface area (Å²) >= 11 is 0. The van der Waals surface area contributed by atoms with E-state index in [9.17, 15) is 4.79 Å². The molecule has 0 radical (unpaired) electrons. The fourth-order valence-corrected chi connectivity index (χ4v) is 3.93. The molecule has 1 atom stereocenters. The molecule has 4 nitrogen and oxygen atoms in total. The number of benzene rings is 1. The average Bonchev–Trinajstić information content (AvgIpc) is 2.71. The lowest BCUT2D eigenvalue weighted by atomic mass is 9.79. The van der Waals surface area contributed by atoms with Gasteiger partial charge in [0.2, 0.25) is 0 Å². The second-order valence-corrected chi connectivity index (χ2v) is 10.5. The lowest BCUT2D eigenvalue weighted by Gasteiger charge is -2.31. The minimum absolute atomic E-state index is 0.0213. The lowest BCUT2D eigenvalue weighted by molar-refractivity contribution is 0.0513. The highest BCUT2D eigenvalue weighted by molar-refractivity contribution is 5.95. The molecule has 0 spiro atoms. The van der Waals surface area contributed by atoms with E-state index in [1.54, 1.807) is 6.20 Å². The number of ether oxygens (including phenoxy) is 1. The summed E-state index contributed by atoms with van der Waals surface area (Å²) in [5.74, 6) is 0.326. The first-order valence-electron chi connectivity index (χ1n) is 11.0. The van der Waals surface area contributed by atoms with Crippen molar-refractivity contribution >= 4 is 5.91 Å². The Balaban J connectivity index is 1.95. The number of rotatable bonds is 4. The maximum Gasteiger partial charge on any atom is 0.251 e. The summed E-state index contributed by atoms with van der Waals surface area (Å²) in [6.45, 7) is 14.6. The number of nitrogens with one attached hydrogen (secondary N) is 1. The van der Waals surface area contributed by atoms with Crippen LogP contribution >= 0.6 is 0 Å². The van der Waals surface area contributed by atoms with Crippen LogP contribution in [0.4, 0.5) is 0 Å². The predicted molar refractivity (Wildman–Crippen MR) is 122 cm³/mol. The van der Waals surface area contributed by atoms with Crippen LogP contribution in [0.15, 0.2) is 42.7 Å². The van der Waals surface area contributed by atoms with Crippen LogP contribution in [-0.4, -0.2) is 24.1 Å². The van der Waals surface area contributed by atoms with Crippen LogP contribution in [0.25, 0.3) is 0 Å². The van der Waals surface area contributed by atoms with Gasteiger partial charge in [-0.25, -0.2) is 0 Å². The summed E-state index contributed by atoms with van der Waals surface area (Å²) in [6, 6.07) is 10.3. The molecule has 1 saturated heterocycles. The maximum atomic E-state index is 13.5. The molecular weight excluding hydrogens is 372 g/mol. The van der Waals surface area contributed by atoms with Crippen molar-refractivity contribution in [3.63, 3.8) is 0 Å². The number of carbonyl (C=O) groups excluding carboxylic acids is 1. The van der Waals surface area contributed by atoms with Gasteiger partial charge in [0.15, 0.2) is 0 Å². The number of carbonyl (C=O) groups is 1. The highest BCUT2D eigenvalue weighted by atomic mass is 16.5. The van der Waals surface area contributed by atoms with Gasteiger partial charge in [0.25, 0.3) is 5.91 Å². The third kappa shape index (κ3) is 5.48. The highest BCUT2D eigenvalue weighted by Crippen LogP contribution is 2.32. The summed E-state index contributed by atoms with van der Waals surface area (Å²) in [5.41, 5.74) is 4.10. The van der Waals surface area contributed by atoms with Crippen LogP contribution in [0.1, 0.15) is 87.5 Å². The molecule has 1 aromatic heterocycles. The van der Waals surface area contributed by atoms with Gasteiger partial charge < -0.3 is 10.1 Å². The van der Waals surface area contributed by atoms with E-state index in [2.05, 4.69) is 76.1 Å². The molecule has 162 valence electrons. The standard InChI is InChI=1S/C26H36N2O2/c1-25(2,3)21-14-20(15-22(16-21)26(4,5)6)24(29)28-23(18-9-12-30-13-10-18)19-8-7-11-27-17-19/h7-8,11,14-18,23H,9-10,12-13H2,1-6H3,(H,28,29). The van der Waals surface area contributed by atoms with Gasteiger partial charge in [-0.3, -0.25) is 9.78 Å². The minimum atomic E-state index is -0.0634. The number of aromatic nitrogens is 1. The second-order valence-electron chi connectivity index (χ2n) is 10.5. The van der Waals surface area contributed by atoms with E-state index in [1.165, 1.54) is 11.1 Å². The molecule has 0 bridgehead atoms. The van der Waals surface area contributed by atoms with Crippen molar-refractivity contribution in [3.8, 4) is 0 Å². The molecule has 0 aliphatic carbocycles. The number of pyridine rings is 1. The first-order chi connectivity index (χ1) is 14.1. The van der Waals surface area contributed by atoms with E-state index < -0.39 is 0 Å². The molecule has 1 fully saturated rings. The topological polar surface area (TPSA) is 51.2 Å². The highest BCUT2D eigenvalue weighted by Gasteiger charge is 2.29. The van der Waals surface area contributed by atoms with Gasteiger partial charge in [0.05, 0.1) is 6.04 Å². The van der Waals surface area contributed by atoms with E-state index in [0.717, 1.165) is 37.2 Å². The molecule has 2 aromatic rings. The first-order valence-corrected chi connectivity index (χ1v) is 11.0. The average molecular weight is 409 g/mol. The summed E-state index contributed by atoms with van der Waals surface area (Å²) in [4.78, 5) is 17.8. The van der Waals surface area contributed by atoms with Crippen molar-refractivity contribution in [3.05, 3.63) is 65.0 Å². The van der Waals surface area contributed by atoms with Crippen molar-refractivity contribution in [2.24, 2.45) is 5.92 Å². The molecule has 1 aliphatic rings. The van der Waals surface area contributed by atoms with E-state index >= 15 is 0 Å². The molecule has 1 unspecified atom stereocenters. The summed E-state index contributed by atoms with van der Waals surface area (Å²) in [7, 11) is 0. The third-order valence-electron chi connectivity index (χ3n) is 5.99. The van der Waals surface area contributed by atoms with Gasteiger partial charge in [0, 0.05) is 31.2 Å². The molecule has 4 heteroatoms. The summed E-state index contributed by atoms with van der Waals surface area (Å²) in [6.07, 6.45) is 5.52. The van der Waals surface area contributed by atoms with Gasteiger partial charge in [-0.15, -0.1) is 0 Å². The van der Waals surface area contributed by atoms with Crippen molar-refractivity contribution < 1.29 is 9.53 Å². The van der Waals surface area contributed by atoms with Gasteiger partial charge in [-0.05, 0) is 64.5 Å². The zero-order valence-corrected chi connectivity index (χ0v) is 19.3. The smallest absolute Gasteiger partial charge is 0.251 e. The Morgan fingerprint density at radius 1 is 1.03 bits per heavy atom. The SMILES string of the molecule is CC(C)(C)c1cc(C(=O)NC(c2cccnc2)C2CCOCC2)cc(C(C)(C)C)c1. The molecule has 30 heavy (non-hydrogen) atoms. The van der Waals surface area contributed by atoms with Crippen LogP contribution in [0, 0.1) is 5.92 Å². The minimum Gasteiger partial charge on any atom is -0.381 e. The third-order valence-corrected chi connectivity index (χ3v) is 5.99. The van der Waals surface area contributed by atoms with Crippen LogP contribution in [0.3, 0.4) is 0 Å². The molecule has 1 N–H and O–H groups in total.